The molecule has 380 valence electrons. The normalized spacial score (nSPS) is 12.2. The molecule has 1 unspecified atom stereocenters. The summed E-state index contributed by atoms with van der Waals surface area (Å²) in [4.78, 5) is 38.1. The first-order chi connectivity index (χ1) is 32.0. The van der Waals surface area contributed by atoms with E-state index in [1.807, 2.05) is 0 Å². The van der Waals surface area contributed by atoms with Crippen molar-refractivity contribution in [1.29, 1.82) is 0 Å². The summed E-state index contributed by atoms with van der Waals surface area (Å²) in [6.45, 7) is 6.63. The van der Waals surface area contributed by atoms with E-state index in [0.717, 1.165) is 70.6 Å². The molecule has 0 fully saturated rings. The van der Waals surface area contributed by atoms with Crippen LogP contribution in [-0.2, 0) is 28.6 Å². The monoisotopic (exact) mass is 913 g/mol. The Hall–Kier alpha value is -2.37. The minimum atomic E-state index is -0.773. The molecule has 0 aromatic carbocycles. The SMILES string of the molecule is CCCCC/C=C\CCCCCCCC(=O)OCC(COC(=O)CCCCCCCCCCC/C=C\C/C=C\CCCCCCC)OC(=O)CCCCCCCCCCCCCCCC. The van der Waals surface area contributed by atoms with Crippen molar-refractivity contribution < 1.29 is 28.6 Å². The van der Waals surface area contributed by atoms with Gasteiger partial charge in [0.05, 0.1) is 0 Å². The first-order valence-electron chi connectivity index (χ1n) is 28.5. The van der Waals surface area contributed by atoms with Gasteiger partial charge in [-0.15, -0.1) is 0 Å². The molecule has 0 aliphatic rings. The lowest BCUT2D eigenvalue weighted by Gasteiger charge is -2.18. The number of hydrogen-bond donors (Lipinski definition) is 0. The van der Waals surface area contributed by atoms with E-state index < -0.39 is 6.10 Å². The number of ether oxygens (including phenoxy) is 3. The minimum absolute atomic E-state index is 0.0737. The van der Waals surface area contributed by atoms with E-state index in [2.05, 4.69) is 57.2 Å². The van der Waals surface area contributed by atoms with Gasteiger partial charge >= 0.3 is 17.9 Å². The van der Waals surface area contributed by atoms with Gasteiger partial charge in [-0.3, -0.25) is 14.4 Å². The Bertz CT molecular complexity index is 1090. The van der Waals surface area contributed by atoms with Crippen LogP contribution in [0, 0.1) is 0 Å². The van der Waals surface area contributed by atoms with Gasteiger partial charge in [0.2, 0.25) is 0 Å². The molecule has 0 aliphatic carbocycles. The summed E-state index contributed by atoms with van der Waals surface area (Å²) in [7, 11) is 0. The summed E-state index contributed by atoms with van der Waals surface area (Å²) >= 11 is 0. The lowest BCUT2D eigenvalue weighted by atomic mass is 10.0. The predicted octanol–water partition coefficient (Wildman–Crippen LogP) is 18.9. The second-order valence-electron chi connectivity index (χ2n) is 19.2. The standard InChI is InChI=1S/C59H108O6/c1-4-7-10-13-16-19-22-25-27-28-29-30-31-32-33-35-37-40-43-46-49-52-58(61)64-55-56(54-63-57(60)51-48-45-42-39-36-24-21-18-15-12-9-6-3)65-59(62)53-50-47-44-41-38-34-26-23-20-17-14-11-8-5-2/h18,21-22,25,28-29,56H,4-17,19-20,23-24,26-27,30-55H2,1-3H3/b21-18-,25-22-,29-28-. The van der Waals surface area contributed by atoms with Crippen LogP contribution in [0.15, 0.2) is 36.5 Å². The summed E-state index contributed by atoms with van der Waals surface area (Å²) in [5, 5.41) is 0. The van der Waals surface area contributed by atoms with Gasteiger partial charge in [-0.25, -0.2) is 0 Å². The van der Waals surface area contributed by atoms with E-state index in [-0.39, 0.29) is 31.1 Å². The number of hydrogen-bond acceptors (Lipinski definition) is 6. The van der Waals surface area contributed by atoms with Crippen LogP contribution in [0.1, 0.15) is 303 Å². The summed E-state index contributed by atoms with van der Waals surface area (Å²) < 4.78 is 16.8. The molecule has 0 amide bonds. The maximum absolute atomic E-state index is 12.8. The molecule has 0 rings (SSSR count). The summed E-state index contributed by atoms with van der Waals surface area (Å²) in [6, 6.07) is 0. The van der Waals surface area contributed by atoms with E-state index in [4.69, 9.17) is 14.2 Å². The van der Waals surface area contributed by atoms with Gasteiger partial charge in [0, 0.05) is 19.3 Å². The molecule has 6 nitrogen and oxygen atoms in total. The maximum atomic E-state index is 12.8. The van der Waals surface area contributed by atoms with Crippen LogP contribution in [-0.4, -0.2) is 37.2 Å². The Kier molecular flexibility index (Phi) is 52.3. The highest BCUT2D eigenvalue weighted by Gasteiger charge is 2.19. The number of rotatable bonds is 52. The van der Waals surface area contributed by atoms with Crippen molar-refractivity contribution >= 4 is 17.9 Å². The quantitative estimate of drug-likeness (QED) is 0.0262. The Balaban J connectivity index is 4.29. The zero-order valence-electron chi connectivity index (χ0n) is 43.5. The number of allylic oxidation sites excluding steroid dienone is 6. The fraction of sp³-hybridized carbons (Fsp3) is 0.847. The van der Waals surface area contributed by atoms with E-state index in [1.54, 1.807) is 0 Å². The Morgan fingerprint density at radius 2 is 0.554 bits per heavy atom. The van der Waals surface area contributed by atoms with Crippen LogP contribution in [0.25, 0.3) is 0 Å². The molecule has 0 heterocycles. The smallest absolute Gasteiger partial charge is 0.306 e. The van der Waals surface area contributed by atoms with E-state index in [1.165, 1.54) is 193 Å². The first-order valence-corrected chi connectivity index (χ1v) is 28.5. The molecule has 0 N–H and O–H groups in total. The largest absolute Gasteiger partial charge is 0.462 e. The molecule has 6 heteroatoms. The third-order valence-electron chi connectivity index (χ3n) is 12.6. The van der Waals surface area contributed by atoms with E-state index in [9.17, 15) is 14.4 Å². The van der Waals surface area contributed by atoms with Crippen molar-refractivity contribution in [2.75, 3.05) is 13.2 Å². The highest BCUT2D eigenvalue weighted by atomic mass is 16.6. The predicted molar refractivity (Wildman–Crippen MR) is 279 cm³/mol. The van der Waals surface area contributed by atoms with Gasteiger partial charge in [0.15, 0.2) is 6.10 Å². The third-order valence-corrected chi connectivity index (χ3v) is 12.6. The zero-order valence-corrected chi connectivity index (χ0v) is 43.5. The maximum Gasteiger partial charge on any atom is 0.306 e. The van der Waals surface area contributed by atoms with Crippen molar-refractivity contribution in [1.82, 2.24) is 0 Å². The number of esters is 3. The Morgan fingerprint density at radius 1 is 0.308 bits per heavy atom. The number of carbonyl (C=O) groups is 3. The van der Waals surface area contributed by atoms with Crippen LogP contribution >= 0.6 is 0 Å². The molecule has 0 aliphatic heterocycles. The van der Waals surface area contributed by atoms with Crippen LogP contribution < -0.4 is 0 Å². The third kappa shape index (κ3) is 52.5. The Morgan fingerprint density at radius 3 is 0.892 bits per heavy atom. The summed E-state index contributed by atoms with van der Waals surface area (Å²) in [5.74, 6) is -0.871. The highest BCUT2D eigenvalue weighted by molar-refractivity contribution is 5.71. The van der Waals surface area contributed by atoms with Crippen molar-refractivity contribution in [2.45, 2.75) is 309 Å². The second kappa shape index (κ2) is 54.2. The second-order valence-corrected chi connectivity index (χ2v) is 19.2. The molecule has 0 aromatic rings. The highest BCUT2D eigenvalue weighted by Crippen LogP contribution is 2.16. The molecular formula is C59H108O6. The summed E-state index contributed by atoms with van der Waals surface area (Å²) in [5.41, 5.74) is 0. The lowest BCUT2D eigenvalue weighted by molar-refractivity contribution is -0.167. The Labute approximate surface area is 404 Å². The lowest BCUT2D eigenvalue weighted by Crippen LogP contribution is -2.30. The van der Waals surface area contributed by atoms with Gasteiger partial charge in [-0.1, -0.05) is 243 Å². The van der Waals surface area contributed by atoms with Crippen LogP contribution in [0.2, 0.25) is 0 Å². The molecule has 0 aromatic heterocycles. The molecule has 0 bridgehead atoms. The topological polar surface area (TPSA) is 78.9 Å². The van der Waals surface area contributed by atoms with E-state index in [0.29, 0.717) is 19.3 Å². The molecule has 0 radical (unpaired) electrons. The van der Waals surface area contributed by atoms with Gasteiger partial charge in [0.1, 0.15) is 13.2 Å². The summed E-state index contributed by atoms with van der Waals surface area (Å²) in [6.07, 6.45) is 64.2. The fourth-order valence-corrected chi connectivity index (χ4v) is 8.29. The van der Waals surface area contributed by atoms with Crippen molar-refractivity contribution in [3.05, 3.63) is 36.5 Å². The molecule has 65 heavy (non-hydrogen) atoms. The van der Waals surface area contributed by atoms with Crippen LogP contribution in [0.5, 0.6) is 0 Å². The number of unbranched alkanes of at least 4 members (excludes halogenated alkanes) is 35. The minimum Gasteiger partial charge on any atom is -0.462 e. The van der Waals surface area contributed by atoms with Gasteiger partial charge < -0.3 is 14.2 Å². The van der Waals surface area contributed by atoms with Crippen LogP contribution in [0.4, 0.5) is 0 Å². The number of carbonyl (C=O) groups excluding carboxylic acids is 3. The van der Waals surface area contributed by atoms with Crippen molar-refractivity contribution in [3.63, 3.8) is 0 Å². The molecule has 0 spiro atoms. The molecular weight excluding hydrogens is 805 g/mol. The van der Waals surface area contributed by atoms with Crippen molar-refractivity contribution in [3.8, 4) is 0 Å². The van der Waals surface area contributed by atoms with Crippen molar-refractivity contribution in [2.24, 2.45) is 0 Å². The average molecular weight is 914 g/mol. The van der Waals surface area contributed by atoms with E-state index >= 15 is 0 Å². The van der Waals surface area contributed by atoms with Gasteiger partial charge in [-0.05, 0) is 77.0 Å². The molecule has 0 saturated carbocycles. The fourth-order valence-electron chi connectivity index (χ4n) is 8.29. The van der Waals surface area contributed by atoms with Crippen LogP contribution in [0.3, 0.4) is 0 Å². The van der Waals surface area contributed by atoms with Gasteiger partial charge in [0.25, 0.3) is 0 Å². The molecule has 1 atom stereocenters. The molecule has 0 saturated heterocycles. The van der Waals surface area contributed by atoms with Gasteiger partial charge in [-0.2, -0.15) is 0 Å². The average Bonchev–Trinajstić information content (AvgIpc) is 3.30. The zero-order chi connectivity index (χ0) is 47.2. The first kappa shape index (κ1) is 62.6.